The van der Waals surface area contributed by atoms with E-state index in [4.69, 9.17) is 0 Å². The molecule has 1 amide bonds. The van der Waals surface area contributed by atoms with Crippen LogP contribution in [0.4, 0.5) is 15.9 Å². The number of carbonyl (C=O) groups excluding carboxylic acids is 1. The first-order valence-corrected chi connectivity index (χ1v) is 12.1. The van der Waals surface area contributed by atoms with Gasteiger partial charge >= 0.3 is 0 Å². The predicted octanol–water partition coefficient (Wildman–Crippen LogP) is 4.35. The number of nitrogens with zero attached hydrogens (tertiary/aromatic N) is 3. The molecule has 7 heteroatoms. The molecule has 1 fully saturated rings. The van der Waals surface area contributed by atoms with Crippen LogP contribution in [0.5, 0.6) is 0 Å². The summed E-state index contributed by atoms with van der Waals surface area (Å²) in [6, 6.07) is 17.6. The fourth-order valence-electron chi connectivity index (χ4n) is 4.27. The van der Waals surface area contributed by atoms with Gasteiger partial charge in [0.15, 0.2) is 0 Å². The zero-order valence-electron chi connectivity index (χ0n) is 20.7. The molecule has 0 unspecified atom stereocenters. The van der Waals surface area contributed by atoms with Gasteiger partial charge in [0, 0.05) is 32.7 Å². The highest BCUT2D eigenvalue weighted by atomic mass is 19.1. The lowest BCUT2D eigenvalue weighted by molar-refractivity contribution is -0.118. The van der Waals surface area contributed by atoms with E-state index in [9.17, 15) is 9.18 Å². The molecule has 35 heavy (non-hydrogen) atoms. The summed E-state index contributed by atoms with van der Waals surface area (Å²) in [6.45, 7) is 8.66. The number of benzene rings is 2. The molecule has 1 aliphatic heterocycles. The summed E-state index contributed by atoms with van der Waals surface area (Å²) in [6.07, 6.45) is 1.80. The molecule has 3 aromatic rings. The van der Waals surface area contributed by atoms with E-state index in [2.05, 4.69) is 70.6 Å². The van der Waals surface area contributed by atoms with Crippen molar-refractivity contribution in [2.24, 2.45) is 0 Å². The Hall–Kier alpha value is -3.29. The number of halogens is 1. The summed E-state index contributed by atoms with van der Waals surface area (Å²) in [4.78, 5) is 22.4. The van der Waals surface area contributed by atoms with Crippen molar-refractivity contribution in [3.63, 3.8) is 0 Å². The molecule has 2 aromatic carbocycles. The molecular weight excluding hydrogens is 441 g/mol. The van der Waals surface area contributed by atoms with E-state index in [-0.39, 0.29) is 17.6 Å². The normalized spacial score (nSPS) is 16.1. The number of likely N-dealkylation sites (N-methyl/N-ethyl adjacent to an activating group) is 1. The summed E-state index contributed by atoms with van der Waals surface area (Å²) in [5, 5.41) is 6.25. The highest BCUT2D eigenvalue weighted by Crippen LogP contribution is 2.21. The minimum Gasteiger partial charge on any atom is -0.368 e. The number of hydrogen-bond donors (Lipinski definition) is 2. The molecule has 0 aliphatic carbocycles. The number of aromatic nitrogens is 1. The highest BCUT2D eigenvalue weighted by molar-refractivity contribution is 5.94. The Morgan fingerprint density at radius 3 is 2.43 bits per heavy atom. The molecule has 2 atom stereocenters. The number of rotatable bonds is 8. The standard InChI is InChI=1S/C28H34FN5O/c1-20-7-9-22(10-8-20)21(2)18-31-27(23-5-4-6-24(29)17-23)28(35)32-26-12-11-25(19-30-26)34-15-13-33(3)14-16-34/h4-12,17,19,21,27,31H,13-16,18H2,1-3H3,(H,30,32,35)/t21-,27-/m1/s1. The molecule has 0 spiro atoms. The van der Waals surface area contributed by atoms with Crippen LogP contribution in [0, 0.1) is 12.7 Å². The first kappa shape index (κ1) is 24.8. The lowest BCUT2D eigenvalue weighted by atomic mass is 9.98. The lowest BCUT2D eigenvalue weighted by Crippen LogP contribution is -2.44. The number of pyridine rings is 1. The van der Waals surface area contributed by atoms with Gasteiger partial charge in [-0.2, -0.15) is 0 Å². The molecule has 1 aromatic heterocycles. The maximum atomic E-state index is 14.0. The van der Waals surface area contributed by atoms with Gasteiger partial charge in [-0.25, -0.2) is 9.37 Å². The first-order valence-electron chi connectivity index (χ1n) is 12.1. The maximum Gasteiger partial charge on any atom is 0.247 e. The highest BCUT2D eigenvalue weighted by Gasteiger charge is 2.23. The van der Waals surface area contributed by atoms with E-state index in [1.54, 1.807) is 18.3 Å². The van der Waals surface area contributed by atoms with Crippen LogP contribution in [0.3, 0.4) is 0 Å². The molecule has 4 rings (SSSR count). The van der Waals surface area contributed by atoms with Crippen LogP contribution in [-0.4, -0.2) is 55.6 Å². The smallest absolute Gasteiger partial charge is 0.247 e. The van der Waals surface area contributed by atoms with Gasteiger partial charge in [0.05, 0.1) is 11.9 Å². The van der Waals surface area contributed by atoms with E-state index >= 15 is 0 Å². The van der Waals surface area contributed by atoms with Gasteiger partial charge in [-0.1, -0.05) is 48.9 Å². The number of hydrogen-bond acceptors (Lipinski definition) is 5. The Balaban J connectivity index is 1.44. The van der Waals surface area contributed by atoms with Gasteiger partial charge in [-0.15, -0.1) is 0 Å². The summed E-state index contributed by atoms with van der Waals surface area (Å²) in [5.74, 6) is 0.0120. The average molecular weight is 476 g/mol. The molecule has 0 bridgehead atoms. The van der Waals surface area contributed by atoms with Crippen molar-refractivity contribution in [2.75, 3.05) is 50.0 Å². The molecule has 2 N–H and O–H groups in total. The van der Waals surface area contributed by atoms with Crippen LogP contribution >= 0.6 is 0 Å². The molecule has 184 valence electrons. The van der Waals surface area contributed by atoms with Crippen LogP contribution in [-0.2, 0) is 4.79 Å². The fourth-order valence-corrected chi connectivity index (χ4v) is 4.27. The molecular formula is C28H34FN5O. The largest absolute Gasteiger partial charge is 0.368 e. The monoisotopic (exact) mass is 475 g/mol. The molecule has 0 saturated carbocycles. The molecule has 1 saturated heterocycles. The number of nitrogens with one attached hydrogen (secondary N) is 2. The van der Waals surface area contributed by atoms with Gasteiger partial charge in [0.1, 0.15) is 17.7 Å². The fraction of sp³-hybridized carbons (Fsp3) is 0.357. The van der Waals surface area contributed by atoms with Crippen molar-refractivity contribution < 1.29 is 9.18 Å². The third kappa shape index (κ3) is 6.65. The van der Waals surface area contributed by atoms with E-state index in [1.807, 2.05) is 12.1 Å². The number of amides is 1. The first-order chi connectivity index (χ1) is 16.9. The van der Waals surface area contributed by atoms with Gasteiger partial charge in [-0.05, 0) is 55.3 Å². The number of anilines is 2. The Morgan fingerprint density at radius 2 is 1.77 bits per heavy atom. The summed E-state index contributed by atoms with van der Waals surface area (Å²) in [7, 11) is 2.12. The third-order valence-electron chi connectivity index (χ3n) is 6.59. The van der Waals surface area contributed by atoms with Crippen molar-refractivity contribution in [3.8, 4) is 0 Å². The second-order valence-electron chi connectivity index (χ2n) is 9.39. The minimum absolute atomic E-state index is 0.181. The van der Waals surface area contributed by atoms with Crippen LogP contribution in [0.15, 0.2) is 66.9 Å². The second-order valence-corrected chi connectivity index (χ2v) is 9.39. The Kier molecular flexibility index (Phi) is 8.10. The van der Waals surface area contributed by atoms with E-state index < -0.39 is 6.04 Å². The van der Waals surface area contributed by atoms with Crippen molar-refractivity contribution in [3.05, 3.63) is 89.4 Å². The summed E-state index contributed by atoms with van der Waals surface area (Å²) < 4.78 is 14.0. The molecule has 1 aliphatic rings. The average Bonchev–Trinajstić information content (AvgIpc) is 2.85. The quantitative estimate of drug-likeness (QED) is 0.507. The van der Waals surface area contributed by atoms with Crippen molar-refractivity contribution >= 4 is 17.4 Å². The zero-order chi connectivity index (χ0) is 24.8. The van der Waals surface area contributed by atoms with Gasteiger partial charge in [0.25, 0.3) is 0 Å². The van der Waals surface area contributed by atoms with Gasteiger partial charge < -0.3 is 20.4 Å². The van der Waals surface area contributed by atoms with Crippen LogP contribution < -0.4 is 15.5 Å². The van der Waals surface area contributed by atoms with Crippen molar-refractivity contribution in [1.82, 2.24) is 15.2 Å². The Bertz CT molecular complexity index is 1110. The summed E-state index contributed by atoms with van der Waals surface area (Å²) >= 11 is 0. The SMILES string of the molecule is Cc1ccc([C@H](C)CN[C@@H](C(=O)Nc2ccc(N3CCN(C)CC3)cn2)c2cccc(F)c2)cc1. The molecule has 6 nitrogen and oxygen atoms in total. The van der Waals surface area contributed by atoms with Gasteiger partial charge in [-0.3, -0.25) is 4.79 Å². The Morgan fingerprint density at radius 1 is 1.03 bits per heavy atom. The maximum absolute atomic E-state index is 14.0. The lowest BCUT2D eigenvalue weighted by Gasteiger charge is -2.33. The number of piperazine rings is 1. The van der Waals surface area contributed by atoms with Gasteiger partial charge in [0.2, 0.25) is 5.91 Å². The topological polar surface area (TPSA) is 60.5 Å². The number of aryl methyl sites for hydroxylation is 1. The number of carbonyl (C=O) groups is 1. The molecule has 2 heterocycles. The van der Waals surface area contributed by atoms with Crippen LogP contribution in [0.1, 0.15) is 35.6 Å². The predicted molar refractivity (Wildman–Crippen MR) is 139 cm³/mol. The summed E-state index contributed by atoms with van der Waals surface area (Å²) in [5.41, 5.74) is 4.01. The molecule has 0 radical (unpaired) electrons. The van der Waals surface area contributed by atoms with E-state index in [0.717, 1.165) is 31.9 Å². The van der Waals surface area contributed by atoms with Crippen molar-refractivity contribution in [2.45, 2.75) is 25.8 Å². The minimum atomic E-state index is -0.710. The Labute approximate surface area is 207 Å². The van der Waals surface area contributed by atoms with Crippen molar-refractivity contribution in [1.29, 1.82) is 0 Å². The van der Waals surface area contributed by atoms with E-state index in [0.29, 0.717) is 17.9 Å². The second kappa shape index (κ2) is 11.4. The van der Waals surface area contributed by atoms with Crippen LogP contribution in [0.25, 0.3) is 0 Å². The zero-order valence-corrected chi connectivity index (χ0v) is 20.7. The van der Waals surface area contributed by atoms with E-state index in [1.165, 1.54) is 23.3 Å². The third-order valence-corrected chi connectivity index (χ3v) is 6.59. The van der Waals surface area contributed by atoms with Crippen LogP contribution in [0.2, 0.25) is 0 Å².